The predicted octanol–water partition coefficient (Wildman–Crippen LogP) is 7.07. The quantitative estimate of drug-likeness (QED) is 0.0220. The number of carbonyl (C=O) groups is 6. The summed E-state index contributed by atoms with van der Waals surface area (Å²) in [5.41, 5.74) is 4.01. The number of imide groups is 1. The Morgan fingerprint density at radius 3 is 2.10 bits per heavy atom. The number of nitrogens with one attached hydrogen (secondary N) is 1. The molecule has 0 saturated carbocycles. The van der Waals surface area contributed by atoms with Crippen molar-refractivity contribution in [3.8, 4) is 0 Å². The van der Waals surface area contributed by atoms with Crippen molar-refractivity contribution in [1.29, 1.82) is 0 Å². The maximum Gasteiger partial charge on any atom is 0.414 e. The summed E-state index contributed by atoms with van der Waals surface area (Å²) in [7, 11) is 4.83. The van der Waals surface area contributed by atoms with Crippen molar-refractivity contribution in [2.45, 2.75) is 251 Å². The molecular formula is C81H118N6O25S2. The molecule has 0 aliphatic carbocycles. The highest BCUT2D eigenvalue weighted by molar-refractivity contribution is 8.77. The lowest BCUT2D eigenvalue weighted by atomic mass is 9.81. The van der Waals surface area contributed by atoms with E-state index >= 15 is 0 Å². The summed E-state index contributed by atoms with van der Waals surface area (Å²) in [6.07, 6.45) is 7.76. The Balaban J connectivity index is 0.533. The first kappa shape index (κ1) is 87.9. The highest BCUT2D eigenvalue weighted by Gasteiger charge is 2.69. The molecule has 1 aromatic heterocycles. The van der Waals surface area contributed by atoms with Crippen molar-refractivity contribution in [2.24, 2.45) is 11.8 Å². The number of esters is 1. The van der Waals surface area contributed by atoms with Gasteiger partial charge in [-0.25, -0.2) is 9.48 Å². The molecule has 2 aromatic rings. The number of ketones is 1. The van der Waals surface area contributed by atoms with Gasteiger partial charge in [0.25, 0.3) is 11.8 Å². The van der Waals surface area contributed by atoms with Gasteiger partial charge in [0.15, 0.2) is 5.79 Å². The molecule has 634 valence electrons. The lowest BCUT2D eigenvalue weighted by Gasteiger charge is -2.47. The fourth-order valence-corrected chi connectivity index (χ4v) is 19.0. The van der Waals surface area contributed by atoms with Gasteiger partial charge in [0.1, 0.15) is 55.2 Å². The van der Waals surface area contributed by atoms with Gasteiger partial charge in [-0.05, 0) is 106 Å². The molecule has 31 nitrogen and oxygen atoms in total. The predicted molar refractivity (Wildman–Crippen MR) is 415 cm³/mol. The smallest absolute Gasteiger partial charge is 0.414 e. The molecule has 12 bridgehead atoms. The third-order valence-electron chi connectivity index (χ3n) is 22.8. The lowest BCUT2D eigenvalue weighted by molar-refractivity contribution is -0.292. The van der Waals surface area contributed by atoms with Crippen LogP contribution in [0.2, 0.25) is 0 Å². The van der Waals surface area contributed by atoms with Gasteiger partial charge in [-0.2, -0.15) is 0 Å². The van der Waals surface area contributed by atoms with Crippen LogP contribution in [-0.4, -0.2) is 294 Å². The average molecular weight is 1640 g/mol. The summed E-state index contributed by atoms with van der Waals surface area (Å²) < 4.78 is 114. The van der Waals surface area contributed by atoms with Gasteiger partial charge in [0.2, 0.25) is 5.91 Å². The molecule has 114 heavy (non-hydrogen) atoms. The van der Waals surface area contributed by atoms with E-state index in [1.807, 2.05) is 20.1 Å². The van der Waals surface area contributed by atoms with Crippen molar-refractivity contribution in [2.75, 3.05) is 130 Å². The number of anilines is 1. The Morgan fingerprint density at radius 2 is 1.36 bits per heavy atom. The first-order valence-electron chi connectivity index (χ1n) is 40.7. The molecule has 10 fully saturated rings. The van der Waals surface area contributed by atoms with E-state index in [1.165, 1.54) is 17.1 Å². The van der Waals surface area contributed by atoms with E-state index in [4.69, 9.17) is 85.3 Å². The summed E-state index contributed by atoms with van der Waals surface area (Å²) in [6, 6.07) is 7.12. The van der Waals surface area contributed by atoms with Crippen molar-refractivity contribution < 1.29 is 119 Å². The molecule has 13 rings (SSSR count). The maximum absolute atomic E-state index is 14.6. The molecular weight excluding hydrogens is 1520 g/mol. The number of hydrogen-bond acceptors (Lipinski definition) is 29. The fourth-order valence-electron chi connectivity index (χ4n) is 16.9. The molecule has 11 aliphatic heterocycles. The van der Waals surface area contributed by atoms with Crippen LogP contribution in [0.3, 0.4) is 0 Å². The molecule has 0 radical (unpaired) electrons. The van der Waals surface area contributed by atoms with Crippen LogP contribution in [0.5, 0.6) is 0 Å². The number of amides is 4. The summed E-state index contributed by atoms with van der Waals surface area (Å²) >= 11 is 0. The van der Waals surface area contributed by atoms with Gasteiger partial charge < -0.3 is 95.7 Å². The average Bonchev–Trinajstić information content (AvgIpc) is 1.55. The minimum Gasteiger partial charge on any atom is -0.461 e. The molecule has 1 spiro atoms. The number of aliphatic hydroxyl groups is 1. The van der Waals surface area contributed by atoms with E-state index in [1.54, 1.807) is 63.8 Å². The zero-order valence-electron chi connectivity index (χ0n) is 66.6. The number of nitrogens with zero attached hydrogens (tertiary/aromatic N) is 5. The number of hydrogen-bond donors (Lipinski definition) is 2. The number of methoxy groups -OCH3 is 1. The van der Waals surface area contributed by atoms with Gasteiger partial charge in [-0.1, -0.05) is 59.0 Å². The summed E-state index contributed by atoms with van der Waals surface area (Å²) in [5.74, 6) is -2.62. The van der Waals surface area contributed by atoms with E-state index in [0.29, 0.717) is 135 Å². The highest BCUT2D eigenvalue weighted by atomic mass is 33.1. The van der Waals surface area contributed by atoms with Crippen molar-refractivity contribution in [3.63, 3.8) is 0 Å². The van der Waals surface area contributed by atoms with Crippen LogP contribution in [0.4, 0.5) is 10.5 Å². The first-order valence-corrected chi connectivity index (χ1v) is 43.3. The second kappa shape index (κ2) is 43.0. The van der Waals surface area contributed by atoms with Crippen molar-refractivity contribution >= 4 is 62.8 Å². The third kappa shape index (κ3) is 24.7. The molecule has 4 amide bonds. The summed E-state index contributed by atoms with van der Waals surface area (Å²) in [5, 5.41) is 22.7. The summed E-state index contributed by atoms with van der Waals surface area (Å²) in [4.78, 5) is 79.4. The molecule has 33 heteroatoms. The summed E-state index contributed by atoms with van der Waals surface area (Å²) in [6.45, 7) is 21.1. The lowest BCUT2D eigenvalue weighted by Crippen LogP contribution is -2.61. The van der Waals surface area contributed by atoms with Gasteiger partial charge in [-0.3, -0.25) is 33.8 Å². The molecule has 11 aliphatic rings. The fraction of sp³-hybridized carbons (Fsp3) is 0.753. The zero-order chi connectivity index (χ0) is 80.1. The van der Waals surface area contributed by atoms with Gasteiger partial charge in [0.05, 0.1) is 184 Å². The van der Waals surface area contributed by atoms with Crippen LogP contribution in [-0.2, 0) is 129 Å². The van der Waals surface area contributed by atoms with Crippen molar-refractivity contribution in [3.05, 3.63) is 78.2 Å². The SMILES string of the molecule is C=C1CC2CC[C@@]34CC5O[C@H]6[C@@H](O3)[C@H]3OC(CC[C@@H]3O[C@H]6C5O4)CC(=O)C[C@@H]3[C@@H](OC)[C@@H](C[C@H](O)CCC(=O)OCc4ccc(N(CCOCCOCCOCCn5cc(COCCOCCOCCOCCNC(=O)CCN6C(=O)C=CC6=O)nn5)C(=O)OCC(C)(C)SSC)cc4)O[C@H]3C[C@H]3OC(CC[C@@H]1O2)C[C@@H](C)C3=C. The Kier molecular flexibility index (Phi) is 33.2. The van der Waals surface area contributed by atoms with E-state index < -0.39 is 66.3 Å². The topological polar surface area (TPSA) is 338 Å². The molecule has 5 unspecified atom stereocenters. The van der Waals surface area contributed by atoms with Gasteiger partial charge in [-0.15, -0.1) is 5.10 Å². The van der Waals surface area contributed by atoms with Crippen LogP contribution < -0.4 is 10.2 Å². The van der Waals surface area contributed by atoms with Crippen LogP contribution in [0.15, 0.2) is 66.9 Å². The number of ether oxygens (including phenoxy) is 18. The van der Waals surface area contributed by atoms with E-state index in [9.17, 15) is 33.9 Å². The van der Waals surface area contributed by atoms with Crippen LogP contribution in [0.25, 0.3) is 0 Å². The standard InChI is InChI=1S/C81H118N6O25S2/c1-51-40-59-13-15-63-52(2)41-61(105-63)20-22-81-46-68-75(111-81)76-77(110-68)78(112-81)74-64(109-76)16-14-60(107-74)42-58(89)43-62-66(45-65(106-59)53(51)3)108-67(73(62)95-6)44-57(88)12-19-72(93)103-48-54-8-10-56(11-9-54)86(79(94)104-50-80(4,5)114-113-7)26-29-98-32-35-100-34-31-97-28-25-85-47-55(83-84-85)49-102-39-38-101-37-36-99-33-30-96-27-23-82-69(90)21-24-87-70(91)17-18-71(87)92/h8-11,17-18,47,51,57,59-68,73-78,88H,2-3,12-16,19-46,48-50H2,1,4-7H3,(H,82,90)/t51-,57-,59?,60?,61?,62+,63+,64+,65-,66+,67-,68?,73-,74+,75?,76+,77-,78+,81+/m1/s1. The zero-order valence-corrected chi connectivity index (χ0v) is 68.2. The monoisotopic (exact) mass is 1640 g/mol. The minimum absolute atomic E-state index is 0.0141. The number of aromatic nitrogens is 3. The normalized spacial score (nSPS) is 30.9. The number of Topliss-reactive ketones (excluding diaryl/α,β-unsaturated/α-hetero) is 1. The Bertz CT molecular complexity index is 3500. The second-order valence-corrected chi connectivity index (χ2v) is 34.8. The van der Waals surface area contributed by atoms with E-state index in [-0.39, 0.29) is 174 Å². The number of aliphatic hydroxyl groups excluding tert-OH is 1. The maximum atomic E-state index is 14.6. The Hall–Kier alpha value is -5.38. The first-order chi connectivity index (χ1) is 55.2. The largest absolute Gasteiger partial charge is 0.461 e. The Labute approximate surface area is 675 Å². The number of carbonyl (C=O) groups excluding carboxylic acids is 6. The van der Waals surface area contributed by atoms with Crippen LogP contribution >= 0.6 is 21.6 Å². The van der Waals surface area contributed by atoms with Gasteiger partial charge >= 0.3 is 12.1 Å². The third-order valence-corrected chi connectivity index (χ3v) is 25.3. The van der Waals surface area contributed by atoms with E-state index in [0.717, 1.165) is 48.2 Å². The molecule has 19 atom stereocenters. The Morgan fingerprint density at radius 1 is 0.693 bits per heavy atom. The van der Waals surface area contributed by atoms with Crippen molar-refractivity contribution in [1.82, 2.24) is 25.2 Å². The number of rotatable bonds is 42. The van der Waals surface area contributed by atoms with Gasteiger partial charge in [0, 0.05) is 95.3 Å². The molecule has 12 heterocycles. The molecule has 2 N–H and O–H groups in total. The number of benzene rings is 1. The second-order valence-electron chi connectivity index (χ2n) is 31.7. The highest BCUT2D eigenvalue weighted by Crippen LogP contribution is 2.55. The van der Waals surface area contributed by atoms with Crippen LogP contribution in [0.1, 0.15) is 135 Å². The molecule has 1 aromatic carbocycles. The van der Waals surface area contributed by atoms with E-state index in [2.05, 4.69) is 35.7 Å². The number of fused-ring (bicyclic) bond motifs is 6. The molecule has 10 saturated heterocycles. The minimum atomic E-state index is -0.963. The van der Waals surface area contributed by atoms with Crippen LogP contribution in [0, 0.1) is 11.8 Å².